The van der Waals surface area contributed by atoms with Crippen molar-refractivity contribution in [3.8, 4) is 5.75 Å². The van der Waals surface area contributed by atoms with Gasteiger partial charge in [-0.05, 0) is 24.6 Å². The highest BCUT2D eigenvalue weighted by Crippen LogP contribution is 2.25. The molecule has 3 aromatic rings. The lowest BCUT2D eigenvalue weighted by Gasteiger charge is -2.12. The van der Waals surface area contributed by atoms with Crippen LogP contribution in [0, 0.1) is 6.92 Å². The monoisotopic (exact) mass is 321 g/mol. The van der Waals surface area contributed by atoms with Gasteiger partial charge in [0.1, 0.15) is 5.75 Å². The van der Waals surface area contributed by atoms with Gasteiger partial charge in [-0.25, -0.2) is 4.98 Å². The number of hydrogen-bond donors (Lipinski definition) is 2. The predicted octanol–water partition coefficient (Wildman–Crippen LogP) is 3.42. The Labute approximate surface area is 140 Å². The van der Waals surface area contributed by atoms with E-state index in [1.54, 1.807) is 7.11 Å². The summed E-state index contributed by atoms with van der Waals surface area (Å²) in [6.45, 7) is 1.85. The number of benzene rings is 2. The molecule has 0 saturated carbocycles. The molecule has 0 saturated heterocycles. The van der Waals surface area contributed by atoms with E-state index in [1.165, 1.54) is 0 Å². The topological polar surface area (TPSA) is 67.0 Å². The quantitative estimate of drug-likeness (QED) is 0.755. The summed E-state index contributed by atoms with van der Waals surface area (Å²) in [6, 6.07) is 17.4. The normalized spacial score (nSPS) is 10.4. The van der Waals surface area contributed by atoms with E-state index >= 15 is 0 Å². The molecule has 0 aliphatic rings. The van der Waals surface area contributed by atoms with E-state index in [0.717, 1.165) is 11.3 Å². The summed E-state index contributed by atoms with van der Waals surface area (Å²) >= 11 is 0. The zero-order valence-electron chi connectivity index (χ0n) is 13.7. The minimum Gasteiger partial charge on any atom is -0.495 e. The van der Waals surface area contributed by atoms with Crippen LogP contribution in [0.25, 0.3) is 0 Å². The van der Waals surface area contributed by atoms with Crippen molar-refractivity contribution in [1.29, 1.82) is 0 Å². The van der Waals surface area contributed by atoms with Crippen LogP contribution in [0.4, 0.5) is 11.6 Å². The van der Waals surface area contributed by atoms with Crippen LogP contribution in [0.1, 0.15) is 16.8 Å². The molecule has 2 N–H and O–H groups in total. The van der Waals surface area contributed by atoms with Crippen molar-refractivity contribution in [3.63, 3.8) is 0 Å². The van der Waals surface area contributed by atoms with Gasteiger partial charge in [-0.3, -0.25) is 9.78 Å². The standard InChI is InChI=1S/C19H19N3O2/c1-13-15(12-14-8-4-3-5-9-14)18(23)22-19(20-13)21-16-10-6-7-11-17(16)24-2/h3-11H,12H2,1-2H3,(H2,20,21,22,23). The molecule has 0 aliphatic carbocycles. The molecule has 0 amide bonds. The largest absolute Gasteiger partial charge is 0.495 e. The minimum absolute atomic E-state index is 0.135. The zero-order valence-corrected chi connectivity index (χ0v) is 13.7. The highest BCUT2D eigenvalue weighted by atomic mass is 16.5. The molecular weight excluding hydrogens is 302 g/mol. The van der Waals surface area contributed by atoms with E-state index in [9.17, 15) is 4.79 Å². The van der Waals surface area contributed by atoms with Gasteiger partial charge in [-0.15, -0.1) is 0 Å². The number of aromatic amines is 1. The Hall–Kier alpha value is -3.08. The fourth-order valence-electron chi connectivity index (χ4n) is 2.55. The lowest BCUT2D eigenvalue weighted by molar-refractivity contribution is 0.417. The third-order valence-electron chi connectivity index (χ3n) is 3.81. The molecule has 0 bridgehead atoms. The van der Waals surface area contributed by atoms with Crippen LogP contribution in [0.15, 0.2) is 59.4 Å². The number of aromatic nitrogens is 2. The first-order chi connectivity index (χ1) is 11.7. The first-order valence-corrected chi connectivity index (χ1v) is 7.71. The van der Waals surface area contributed by atoms with Gasteiger partial charge < -0.3 is 10.1 Å². The molecule has 3 rings (SSSR count). The average Bonchev–Trinajstić information content (AvgIpc) is 2.59. The molecular formula is C19H19N3O2. The first kappa shape index (κ1) is 15.8. The van der Waals surface area contributed by atoms with Crippen LogP contribution < -0.4 is 15.6 Å². The van der Waals surface area contributed by atoms with Crippen LogP contribution in [0.3, 0.4) is 0 Å². The fraction of sp³-hybridized carbons (Fsp3) is 0.158. The van der Waals surface area contributed by atoms with Gasteiger partial charge in [0.25, 0.3) is 5.56 Å². The maximum atomic E-state index is 12.4. The molecule has 1 heterocycles. The molecule has 5 nitrogen and oxygen atoms in total. The summed E-state index contributed by atoms with van der Waals surface area (Å²) in [4.78, 5) is 19.7. The van der Waals surface area contributed by atoms with E-state index in [1.807, 2.05) is 61.5 Å². The Balaban J connectivity index is 1.88. The van der Waals surface area contributed by atoms with Crippen LogP contribution in [-0.4, -0.2) is 17.1 Å². The summed E-state index contributed by atoms with van der Waals surface area (Å²) in [6.07, 6.45) is 0.559. The van der Waals surface area contributed by atoms with E-state index in [2.05, 4.69) is 15.3 Å². The summed E-state index contributed by atoms with van der Waals surface area (Å²) in [5.74, 6) is 1.09. The number of methoxy groups -OCH3 is 1. The fourth-order valence-corrected chi connectivity index (χ4v) is 2.55. The Morgan fingerprint density at radius 3 is 2.50 bits per heavy atom. The summed E-state index contributed by atoms with van der Waals surface area (Å²) in [5.41, 5.74) is 3.08. The van der Waals surface area contributed by atoms with Crippen molar-refractivity contribution in [2.24, 2.45) is 0 Å². The lowest BCUT2D eigenvalue weighted by atomic mass is 10.1. The van der Waals surface area contributed by atoms with Crippen LogP contribution in [0.5, 0.6) is 5.75 Å². The van der Waals surface area contributed by atoms with Crippen molar-refractivity contribution in [2.45, 2.75) is 13.3 Å². The SMILES string of the molecule is COc1ccccc1Nc1nc(C)c(Cc2ccccc2)c(=O)[nH]1. The second-order valence-corrected chi connectivity index (χ2v) is 5.47. The summed E-state index contributed by atoms with van der Waals surface area (Å²) in [5, 5.41) is 3.10. The third kappa shape index (κ3) is 3.46. The predicted molar refractivity (Wildman–Crippen MR) is 95.1 cm³/mol. The molecule has 0 atom stereocenters. The van der Waals surface area contributed by atoms with Gasteiger partial charge in [-0.1, -0.05) is 42.5 Å². The van der Waals surface area contributed by atoms with Gasteiger partial charge in [0.2, 0.25) is 5.95 Å². The number of para-hydroxylation sites is 2. The molecule has 5 heteroatoms. The number of nitrogens with zero attached hydrogens (tertiary/aromatic N) is 1. The van der Waals surface area contributed by atoms with E-state index < -0.39 is 0 Å². The van der Waals surface area contributed by atoms with Gasteiger partial charge in [0, 0.05) is 12.0 Å². The summed E-state index contributed by atoms with van der Waals surface area (Å²) < 4.78 is 5.30. The number of aryl methyl sites for hydroxylation is 1. The van der Waals surface area contributed by atoms with Crippen LogP contribution in [-0.2, 0) is 6.42 Å². The molecule has 24 heavy (non-hydrogen) atoms. The van der Waals surface area contributed by atoms with Crippen molar-refractivity contribution in [3.05, 3.63) is 81.8 Å². The molecule has 0 fully saturated rings. The van der Waals surface area contributed by atoms with Crippen molar-refractivity contribution < 1.29 is 4.74 Å². The Morgan fingerprint density at radius 1 is 1.08 bits per heavy atom. The number of hydrogen-bond acceptors (Lipinski definition) is 4. The van der Waals surface area contributed by atoms with E-state index in [0.29, 0.717) is 29.4 Å². The van der Waals surface area contributed by atoms with Gasteiger partial charge >= 0.3 is 0 Å². The van der Waals surface area contributed by atoms with E-state index in [4.69, 9.17) is 4.74 Å². The molecule has 1 aromatic heterocycles. The maximum absolute atomic E-state index is 12.4. The Morgan fingerprint density at radius 2 is 1.79 bits per heavy atom. The second-order valence-electron chi connectivity index (χ2n) is 5.47. The molecule has 0 unspecified atom stereocenters. The number of rotatable bonds is 5. The lowest BCUT2D eigenvalue weighted by Crippen LogP contribution is -2.18. The molecule has 122 valence electrons. The van der Waals surface area contributed by atoms with Crippen LogP contribution >= 0.6 is 0 Å². The maximum Gasteiger partial charge on any atom is 0.256 e. The minimum atomic E-state index is -0.135. The zero-order chi connectivity index (χ0) is 16.9. The summed E-state index contributed by atoms with van der Waals surface area (Å²) in [7, 11) is 1.60. The number of ether oxygens (including phenoxy) is 1. The first-order valence-electron chi connectivity index (χ1n) is 7.71. The average molecular weight is 321 g/mol. The van der Waals surface area contributed by atoms with E-state index in [-0.39, 0.29) is 5.56 Å². The second kappa shape index (κ2) is 7.00. The number of anilines is 2. The number of nitrogens with one attached hydrogen (secondary N) is 2. The third-order valence-corrected chi connectivity index (χ3v) is 3.81. The Bertz CT molecular complexity index is 889. The molecule has 0 radical (unpaired) electrons. The number of H-pyrrole nitrogens is 1. The molecule has 0 spiro atoms. The van der Waals surface area contributed by atoms with Gasteiger partial charge in [0.05, 0.1) is 18.5 Å². The molecule has 0 aliphatic heterocycles. The van der Waals surface area contributed by atoms with Crippen molar-refractivity contribution in [1.82, 2.24) is 9.97 Å². The van der Waals surface area contributed by atoms with Gasteiger partial charge in [0.15, 0.2) is 0 Å². The highest BCUT2D eigenvalue weighted by molar-refractivity contribution is 5.62. The smallest absolute Gasteiger partial charge is 0.256 e. The Kier molecular flexibility index (Phi) is 4.61. The molecule has 2 aromatic carbocycles. The highest BCUT2D eigenvalue weighted by Gasteiger charge is 2.10. The van der Waals surface area contributed by atoms with Crippen molar-refractivity contribution >= 4 is 11.6 Å². The van der Waals surface area contributed by atoms with Gasteiger partial charge in [-0.2, -0.15) is 0 Å². The van der Waals surface area contributed by atoms with Crippen molar-refractivity contribution in [2.75, 3.05) is 12.4 Å². The van der Waals surface area contributed by atoms with Crippen LogP contribution in [0.2, 0.25) is 0 Å².